The van der Waals surface area contributed by atoms with Crippen molar-refractivity contribution in [2.45, 2.75) is 46.1 Å². The first-order valence-electron chi connectivity index (χ1n) is 4.20. The summed E-state index contributed by atoms with van der Waals surface area (Å²) in [5.41, 5.74) is 0.458. The van der Waals surface area contributed by atoms with Gasteiger partial charge in [0.2, 0.25) is 0 Å². The second-order valence-corrected chi connectivity index (χ2v) is 4.32. The van der Waals surface area contributed by atoms with E-state index >= 15 is 0 Å². The molecule has 0 amide bonds. The van der Waals surface area contributed by atoms with Crippen molar-refractivity contribution in [3.63, 3.8) is 0 Å². The summed E-state index contributed by atoms with van der Waals surface area (Å²) in [6.07, 6.45) is 3.14. The van der Waals surface area contributed by atoms with Crippen LogP contribution in [0.25, 0.3) is 0 Å². The first kappa shape index (κ1) is 8.06. The van der Waals surface area contributed by atoms with Crippen molar-refractivity contribution in [2.24, 2.45) is 11.3 Å². The summed E-state index contributed by atoms with van der Waals surface area (Å²) in [5.74, 6) is 0.677. The molecule has 0 aromatic rings. The van der Waals surface area contributed by atoms with E-state index in [-0.39, 0.29) is 6.10 Å². The zero-order valence-corrected chi connectivity index (χ0v) is 7.22. The fourth-order valence-corrected chi connectivity index (χ4v) is 1.63. The molecule has 1 aliphatic carbocycles. The lowest BCUT2D eigenvalue weighted by Gasteiger charge is -2.38. The van der Waals surface area contributed by atoms with Crippen molar-refractivity contribution >= 4 is 0 Å². The molecule has 2 atom stereocenters. The third kappa shape index (κ3) is 1.51. The van der Waals surface area contributed by atoms with Gasteiger partial charge in [-0.05, 0) is 30.6 Å². The Morgan fingerprint density at radius 1 is 1.40 bits per heavy atom. The van der Waals surface area contributed by atoms with Crippen molar-refractivity contribution in [1.82, 2.24) is 0 Å². The van der Waals surface area contributed by atoms with Crippen LogP contribution < -0.4 is 0 Å². The largest absolute Gasteiger partial charge is 0.393 e. The van der Waals surface area contributed by atoms with Gasteiger partial charge in [0.25, 0.3) is 0 Å². The molecule has 0 radical (unpaired) electrons. The zero-order chi connectivity index (χ0) is 7.78. The molecule has 1 aliphatic rings. The van der Waals surface area contributed by atoms with Gasteiger partial charge in [-0.1, -0.05) is 20.8 Å². The molecule has 0 aromatic heterocycles. The second kappa shape index (κ2) is 2.54. The Hall–Kier alpha value is -0.0400. The lowest BCUT2D eigenvalue weighted by atomic mass is 9.69. The van der Waals surface area contributed by atoms with Crippen LogP contribution in [0.3, 0.4) is 0 Å². The van der Waals surface area contributed by atoms with E-state index in [4.69, 9.17) is 0 Å². The van der Waals surface area contributed by atoms with Crippen molar-refractivity contribution < 1.29 is 5.11 Å². The number of hydrogen-bond acceptors (Lipinski definition) is 1. The number of rotatable bonds is 0. The second-order valence-electron chi connectivity index (χ2n) is 4.32. The van der Waals surface area contributed by atoms with Crippen LogP contribution in [0.5, 0.6) is 0 Å². The monoisotopic (exact) mass is 142 g/mol. The number of aliphatic hydroxyl groups is 1. The fraction of sp³-hybridized carbons (Fsp3) is 1.00. The van der Waals surface area contributed by atoms with Crippen molar-refractivity contribution in [3.8, 4) is 0 Å². The standard InChI is InChI=1S/C9H18O/c1-7-6-8(10)4-5-9(7,2)3/h7-8,10H,4-6H2,1-3H3/t7-,8?/m0/s1. The van der Waals surface area contributed by atoms with Crippen LogP contribution in [0.2, 0.25) is 0 Å². The van der Waals surface area contributed by atoms with Gasteiger partial charge in [0, 0.05) is 0 Å². The quantitative estimate of drug-likeness (QED) is 0.549. The van der Waals surface area contributed by atoms with E-state index < -0.39 is 0 Å². The Labute approximate surface area is 63.4 Å². The topological polar surface area (TPSA) is 20.2 Å². The lowest BCUT2D eigenvalue weighted by molar-refractivity contribution is 0.0367. The van der Waals surface area contributed by atoms with Crippen molar-refractivity contribution in [3.05, 3.63) is 0 Å². The molecule has 0 bridgehead atoms. The highest BCUT2D eigenvalue weighted by Gasteiger charge is 2.32. The van der Waals surface area contributed by atoms with Crippen LogP contribution in [0.15, 0.2) is 0 Å². The Morgan fingerprint density at radius 2 is 2.00 bits per heavy atom. The van der Waals surface area contributed by atoms with Crippen LogP contribution in [0, 0.1) is 11.3 Å². The van der Waals surface area contributed by atoms with Crippen LogP contribution >= 0.6 is 0 Å². The first-order chi connectivity index (χ1) is 4.52. The SMILES string of the molecule is C[C@H]1CC(O)CCC1(C)C. The molecule has 0 aliphatic heterocycles. The van der Waals surface area contributed by atoms with Crippen LogP contribution in [0.1, 0.15) is 40.0 Å². The molecular weight excluding hydrogens is 124 g/mol. The molecule has 0 saturated heterocycles. The lowest BCUT2D eigenvalue weighted by Crippen LogP contribution is -2.32. The van der Waals surface area contributed by atoms with E-state index in [1.807, 2.05) is 0 Å². The molecule has 1 saturated carbocycles. The molecule has 10 heavy (non-hydrogen) atoms. The Kier molecular flexibility index (Phi) is 2.04. The van der Waals surface area contributed by atoms with Gasteiger partial charge in [-0.15, -0.1) is 0 Å². The van der Waals surface area contributed by atoms with Crippen LogP contribution in [-0.4, -0.2) is 11.2 Å². The van der Waals surface area contributed by atoms with Crippen LogP contribution in [-0.2, 0) is 0 Å². The van der Waals surface area contributed by atoms with Gasteiger partial charge in [0.05, 0.1) is 6.10 Å². The average Bonchev–Trinajstić information content (AvgIpc) is 1.81. The molecule has 60 valence electrons. The highest BCUT2D eigenvalue weighted by Crippen LogP contribution is 2.39. The maximum absolute atomic E-state index is 9.31. The van der Waals surface area contributed by atoms with E-state index in [9.17, 15) is 5.11 Å². The van der Waals surface area contributed by atoms with Gasteiger partial charge in [-0.3, -0.25) is 0 Å². The van der Waals surface area contributed by atoms with Gasteiger partial charge < -0.3 is 5.11 Å². The molecular formula is C9H18O. The summed E-state index contributed by atoms with van der Waals surface area (Å²) >= 11 is 0. The van der Waals surface area contributed by atoms with Gasteiger partial charge >= 0.3 is 0 Å². The zero-order valence-electron chi connectivity index (χ0n) is 7.22. The number of aliphatic hydroxyl groups excluding tert-OH is 1. The molecule has 1 unspecified atom stereocenters. The van der Waals surface area contributed by atoms with E-state index in [0.717, 1.165) is 12.8 Å². The van der Waals surface area contributed by atoms with E-state index in [1.54, 1.807) is 0 Å². The van der Waals surface area contributed by atoms with E-state index in [1.165, 1.54) is 6.42 Å². The van der Waals surface area contributed by atoms with E-state index in [2.05, 4.69) is 20.8 Å². The molecule has 0 spiro atoms. The summed E-state index contributed by atoms with van der Waals surface area (Å²) in [6.45, 7) is 6.83. The average molecular weight is 142 g/mol. The normalized spacial score (nSPS) is 39.6. The van der Waals surface area contributed by atoms with Crippen molar-refractivity contribution in [2.75, 3.05) is 0 Å². The Balaban J connectivity index is 2.52. The van der Waals surface area contributed by atoms with Crippen molar-refractivity contribution in [1.29, 1.82) is 0 Å². The smallest absolute Gasteiger partial charge is 0.0543 e. The minimum absolute atomic E-state index is 0.0250. The van der Waals surface area contributed by atoms with Gasteiger partial charge in [0.1, 0.15) is 0 Å². The van der Waals surface area contributed by atoms with E-state index in [0.29, 0.717) is 11.3 Å². The summed E-state index contributed by atoms with van der Waals surface area (Å²) < 4.78 is 0. The first-order valence-corrected chi connectivity index (χ1v) is 4.20. The molecule has 0 heterocycles. The Morgan fingerprint density at radius 3 is 2.40 bits per heavy atom. The minimum Gasteiger partial charge on any atom is -0.393 e. The molecule has 1 fully saturated rings. The molecule has 1 rings (SSSR count). The highest BCUT2D eigenvalue weighted by molar-refractivity contribution is 4.83. The summed E-state index contributed by atoms with van der Waals surface area (Å²) in [7, 11) is 0. The van der Waals surface area contributed by atoms with Gasteiger partial charge in [-0.2, -0.15) is 0 Å². The predicted octanol–water partition coefficient (Wildman–Crippen LogP) is 2.19. The van der Waals surface area contributed by atoms with Crippen LogP contribution in [0.4, 0.5) is 0 Å². The summed E-state index contributed by atoms with van der Waals surface area (Å²) in [5, 5.41) is 9.31. The third-order valence-electron chi connectivity index (χ3n) is 3.08. The molecule has 1 N–H and O–H groups in total. The predicted molar refractivity (Wildman–Crippen MR) is 42.8 cm³/mol. The highest BCUT2D eigenvalue weighted by atomic mass is 16.3. The molecule has 1 nitrogen and oxygen atoms in total. The third-order valence-corrected chi connectivity index (χ3v) is 3.08. The maximum Gasteiger partial charge on any atom is 0.0543 e. The molecule has 1 heteroatoms. The number of hydrogen-bond donors (Lipinski definition) is 1. The molecule has 0 aromatic carbocycles. The maximum atomic E-state index is 9.31. The van der Waals surface area contributed by atoms with Gasteiger partial charge in [0.15, 0.2) is 0 Å². The minimum atomic E-state index is -0.0250. The fourth-order valence-electron chi connectivity index (χ4n) is 1.63. The summed E-state index contributed by atoms with van der Waals surface area (Å²) in [4.78, 5) is 0. The summed E-state index contributed by atoms with van der Waals surface area (Å²) in [6, 6.07) is 0. The van der Waals surface area contributed by atoms with Gasteiger partial charge in [-0.25, -0.2) is 0 Å². The Bertz CT molecular complexity index is 118.